The van der Waals surface area contributed by atoms with Gasteiger partial charge in [-0.15, -0.1) is 0 Å². The van der Waals surface area contributed by atoms with Gasteiger partial charge in [-0.1, -0.05) is 11.6 Å². The average Bonchev–Trinajstić information content (AvgIpc) is 2.13. The first-order chi connectivity index (χ1) is 4.68. The standard InChI is InChI=1S/C5H5ClN2O2/c6-4-1-7-8(2-4)3-5(9)10/h1-2H,3H2,(H,9,10). The van der Waals surface area contributed by atoms with Gasteiger partial charge >= 0.3 is 5.97 Å². The Kier molecular flexibility index (Phi) is 1.91. The molecule has 1 aromatic rings. The zero-order valence-corrected chi connectivity index (χ0v) is 5.75. The Morgan fingerprint density at radius 1 is 1.90 bits per heavy atom. The molecule has 0 amide bonds. The van der Waals surface area contributed by atoms with Gasteiger partial charge in [0.2, 0.25) is 0 Å². The fraction of sp³-hybridized carbons (Fsp3) is 0.200. The molecule has 0 saturated carbocycles. The first kappa shape index (κ1) is 7.08. The number of carboxylic acid groups (broad SMARTS) is 1. The summed E-state index contributed by atoms with van der Waals surface area (Å²) in [5, 5.41) is 12.4. The molecular formula is C5H5ClN2O2. The van der Waals surface area contributed by atoms with Gasteiger partial charge in [-0.25, -0.2) is 0 Å². The normalized spacial score (nSPS) is 9.70. The molecule has 1 heterocycles. The van der Waals surface area contributed by atoms with Gasteiger partial charge in [0.1, 0.15) is 6.54 Å². The topological polar surface area (TPSA) is 55.1 Å². The molecule has 0 bridgehead atoms. The van der Waals surface area contributed by atoms with Crippen molar-refractivity contribution in [2.75, 3.05) is 0 Å². The van der Waals surface area contributed by atoms with Crippen molar-refractivity contribution in [2.24, 2.45) is 0 Å². The molecule has 0 atom stereocenters. The molecule has 0 radical (unpaired) electrons. The second-order valence-electron chi connectivity index (χ2n) is 1.75. The van der Waals surface area contributed by atoms with Crippen LogP contribution in [0.25, 0.3) is 0 Å². The van der Waals surface area contributed by atoms with Gasteiger partial charge in [-0.05, 0) is 0 Å². The van der Waals surface area contributed by atoms with E-state index in [1.807, 2.05) is 0 Å². The minimum atomic E-state index is -0.931. The smallest absolute Gasteiger partial charge is 0.325 e. The molecule has 0 spiro atoms. The highest BCUT2D eigenvalue weighted by atomic mass is 35.5. The van der Waals surface area contributed by atoms with Gasteiger partial charge in [0.25, 0.3) is 0 Å². The van der Waals surface area contributed by atoms with Crippen LogP contribution in [-0.4, -0.2) is 20.9 Å². The SMILES string of the molecule is O=C(O)Cn1cc(Cl)cn1. The Morgan fingerprint density at radius 3 is 3.00 bits per heavy atom. The minimum Gasteiger partial charge on any atom is -0.480 e. The summed E-state index contributed by atoms with van der Waals surface area (Å²) in [5.74, 6) is -0.931. The summed E-state index contributed by atoms with van der Waals surface area (Å²) in [4.78, 5) is 10.1. The van der Waals surface area contributed by atoms with Crippen molar-refractivity contribution in [3.8, 4) is 0 Å². The van der Waals surface area contributed by atoms with Crippen molar-refractivity contribution in [1.82, 2.24) is 9.78 Å². The maximum Gasteiger partial charge on any atom is 0.325 e. The van der Waals surface area contributed by atoms with Crippen molar-refractivity contribution in [3.63, 3.8) is 0 Å². The number of nitrogens with zero attached hydrogens (tertiary/aromatic N) is 2. The van der Waals surface area contributed by atoms with Crippen LogP contribution in [-0.2, 0) is 11.3 Å². The molecule has 1 aromatic heterocycles. The van der Waals surface area contributed by atoms with E-state index in [-0.39, 0.29) is 6.54 Å². The second kappa shape index (κ2) is 2.70. The molecule has 0 saturated heterocycles. The monoisotopic (exact) mass is 160 g/mol. The highest BCUT2D eigenvalue weighted by Crippen LogP contribution is 2.03. The number of aromatic nitrogens is 2. The Hall–Kier alpha value is -1.03. The van der Waals surface area contributed by atoms with Crippen LogP contribution in [0.3, 0.4) is 0 Å². The van der Waals surface area contributed by atoms with Gasteiger partial charge in [0.05, 0.1) is 11.2 Å². The van der Waals surface area contributed by atoms with E-state index in [4.69, 9.17) is 16.7 Å². The van der Waals surface area contributed by atoms with Crippen LogP contribution >= 0.6 is 11.6 Å². The predicted molar refractivity (Wildman–Crippen MR) is 34.9 cm³/mol. The summed E-state index contributed by atoms with van der Waals surface area (Å²) in [6.07, 6.45) is 2.85. The van der Waals surface area contributed by atoms with Crippen molar-refractivity contribution in [1.29, 1.82) is 0 Å². The molecule has 0 aliphatic carbocycles. The van der Waals surface area contributed by atoms with E-state index in [1.54, 1.807) is 0 Å². The van der Waals surface area contributed by atoms with Crippen LogP contribution < -0.4 is 0 Å². The number of halogens is 1. The summed E-state index contributed by atoms with van der Waals surface area (Å²) in [5.41, 5.74) is 0. The van der Waals surface area contributed by atoms with Crippen LogP contribution in [0.1, 0.15) is 0 Å². The van der Waals surface area contributed by atoms with Crippen molar-refractivity contribution < 1.29 is 9.90 Å². The summed E-state index contributed by atoms with van der Waals surface area (Å²) >= 11 is 5.47. The number of hydrogen-bond acceptors (Lipinski definition) is 2. The molecule has 0 unspecified atom stereocenters. The molecule has 54 valence electrons. The van der Waals surface area contributed by atoms with E-state index in [0.717, 1.165) is 0 Å². The van der Waals surface area contributed by atoms with Crippen molar-refractivity contribution in [3.05, 3.63) is 17.4 Å². The largest absolute Gasteiger partial charge is 0.480 e. The third-order valence-electron chi connectivity index (χ3n) is 0.899. The van der Waals surface area contributed by atoms with Crippen LogP contribution in [0, 0.1) is 0 Å². The summed E-state index contributed by atoms with van der Waals surface area (Å²) in [7, 11) is 0. The van der Waals surface area contributed by atoms with E-state index < -0.39 is 5.97 Å². The minimum absolute atomic E-state index is 0.146. The quantitative estimate of drug-likeness (QED) is 0.690. The highest BCUT2D eigenvalue weighted by molar-refractivity contribution is 6.30. The molecule has 4 nitrogen and oxygen atoms in total. The van der Waals surface area contributed by atoms with Crippen LogP contribution in [0.4, 0.5) is 0 Å². The number of carboxylic acids is 1. The van der Waals surface area contributed by atoms with E-state index in [1.165, 1.54) is 17.1 Å². The molecule has 5 heteroatoms. The van der Waals surface area contributed by atoms with E-state index in [2.05, 4.69) is 5.10 Å². The summed E-state index contributed by atoms with van der Waals surface area (Å²) in [6, 6.07) is 0. The molecule has 1 N–H and O–H groups in total. The predicted octanol–water partition coefficient (Wildman–Crippen LogP) is 0.621. The number of aliphatic carboxylic acids is 1. The maximum atomic E-state index is 10.1. The third kappa shape index (κ3) is 1.73. The lowest BCUT2D eigenvalue weighted by Gasteiger charge is -1.91. The zero-order chi connectivity index (χ0) is 7.56. The van der Waals surface area contributed by atoms with E-state index in [0.29, 0.717) is 5.02 Å². The fourth-order valence-corrected chi connectivity index (χ4v) is 0.720. The van der Waals surface area contributed by atoms with E-state index in [9.17, 15) is 4.79 Å². The van der Waals surface area contributed by atoms with E-state index >= 15 is 0 Å². The first-order valence-electron chi connectivity index (χ1n) is 2.58. The molecule has 0 aliphatic rings. The molecular weight excluding hydrogens is 156 g/mol. The van der Waals surface area contributed by atoms with Gasteiger partial charge < -0.3 is 5.11 Å². The summed E-state index contributed by atoms with van der Waals surface area (Å²) < 4.78 is 1.25. The van der Waals surface area contributed by atoms with Gasteiger partial charge in [0, 0.05) is 6.20 Å². The lowest BCUT2D eigenvalue weighted by atomic mass is 10.6. The van der Waals surface area contributed by atoms with Gasteiger partial charge in [-0.3, -0.25) is 9.48 Å². The van der Waals surface area contributed by atoms with Crippen LogP contribution in [0.5, 0.6) is 0 Å². The lowest BCUT2D eigenvalue weighted by molar-refractivity contribution is -0.137. The fourth-order valence-electron chi connectivity index (χ4n) is 0.563. The van der Waals surface area contributed by atoms with Crippen molar-refractivity contribution in [2.45, 2.75) is 6.54 Å². The Labute approximate surface area is 62.0 Å². The number of hydrogen-bond donors (Lipinski definition) is 1. The highest BCUT2D eigenvalue weighted by Gasteiger charge is 1.99. The third-order valence-corrected chi connectivity index (χ3v) is 1.09. The summed E-state index contributed by atoms with van der Waals surface area (Å²) in [6.45, 7) is -0.146. The van der Waals surface area contributed by atoms with Gasteiger partial charge in [0.15, 0.2) is 0 Å². The maximum absolute atomic E-state index is 10.1. The van der Waals surface area contributed by atoms with Crippen molar-refractivity contribution >= 4 is 17.6 Å². The van der Waals surface area contributed by atoms with Crippen LogP contribution in [0.15, 0.2) is 12.4 Å². The van der Waals surface area contributed by atoms with Crippen LogP contribution in [0.2, 0.25) is 5.02 Å². The Morgan fingerprint density at radius 2 is 2.60 bits per heavy atom. The first-order valence-corrected chi connectivity index (χ1v) is 2.96. The molecule has 0 aliphatic heterocycles. The molecule has 0 fully saturated rings. The van der Waals surface area contributed by atoms with Gasteiger partial charge in [-0.2, -0.15) is 5.10 Å². The Bertz CT molecular complexity index is 246. The molecule has 0 aromatic carbocycles. The zero-order valence-electron chi connectivity index (χ0n) is 4.99. The number of carbonyl (C=O) groups is 1. The lowest BCUT2D eigenvalue weighted by Crippen LogP contribution is -2.08. The average molecular weight is 161 g/mol. The Balaban J connectivity index is 2.67. The second-order valence-corrected chi connectivity index (χ2v) is 2.19. The molecule has 1 rings (SSSR count). The number of rotatable bonds is 2. The molecule has 10 heavy (non-hydrogen) atoms.